The number of fused-ring (bicyclic) bond motifs is 3. The molecular formula is C29H29N4O5S+. The van der Waals surface area contributed by atoms with E-state index in [9.17, 15) is 14.4 Å². The van der Waals surface area contributed by atoms with E-state index in [1.807, 2.05) is 24.3 Å². The zero-order chi connectivity index (χ0) is 27.5. The molecule has 0 spiro atoms. The molecule has 1 aliphatic heterocycles. The molecule has 0 saturated heterocycles. The number of nitrogens with zero attached hydrogens (tertiary/aromatic N) is 3. The summed E-state index contributed by atoms with van der Waals surface area (Å²) in [6.45, 7) is 5.65. The zero-order valence-electron chi connectivity index (χ0n) is 22.0. The molecule has 1 amide bonds. The SMILES string of the molecule is CCCCSc1n[n+]2c(c(=O)[nH]1)-c1ccccc1N(C(C)=O)[C@@H]2c1ccc(-c2ccc(C(=O)OCC)cc2)o1. The maximum atomic E-state index is 13.4. The van der Waals surface area contributed by atoms with Crippen LogP contribution in [0.3, 0.4) is 0 Å². The topological polar surface area (TPSA) is 109 Å². The molecule has 0 unspecified atom stereocenters. The molecule has 1 atom stereocenters. The molecule has 39 heavy (non-hydrogen) atoms. The molecule has 0 fully saturated rings. The molecule has 1 aliphatic rings. The van der Waals surface area contributed by atoms with Gasteiger partial charge < -0.3 is 9.15 Å². The molecule has 0 saturated carbocycles. The molecule has 0 radical (unpaired) electrons. The second-order valence-electron chi connectivity index (χ2n) is 9.03. The highest BCUT2D eigenvalue weighted by Gasteiger charge is 2.46. The number of thioether (sulfide) groups is 1. The van der Waals surface area contributed by atoms with Gasteiger partial charge in [-0.3, -0.25) is 14.6 Å². The number of para-hydroxylation sites is 1. The second-order valence-corrected chi connectivity index (χ2v) is 10.1. The molecule has 4 aromatic rings. The maximum absolute atomic E-state index is 13.4. The number of aromatic amines is 1. The molecule has 200 valence electrons. The van der Waals surface area contributed by atoms with Gasteiger partial charge in [-0.1, -0.05) is 49.4 Å². The van der Waals surface area contributed by atoms with E-state index < -0.39 is 6.17 Å². The van der Waals surface area contributed by atoms with Crippen LogP contribution >= 0.6 is 11.8 Å². The predicted octanol–water partition coefficient (Wildman–Crippen LogP) is 4.97. The number of carbonyl (C=O) groups excluding carboxylic acids is 2. The first-order valence-electron chi connectivity index (χ1n) is 12.9. The first-order chi connectivity index (χ1) is 18.9. The van der Waals surface area contributed by atoms with Crippen molar-refractivity contribution in [3.63, 3.8) is 0 Å². The van der Waals surface area contributed by atoms with Crippen molar-refractivity contribution in [2.75, 3.05) is 17.3 Å². The molecule has 2 aromatic carbocycles. The summed E-state index contributed by atoms with van der Waals surface area (Å²) < 4.78 is 12.9. The monoisotopic (exact) mass is 545 g/mol. The van der Waals surface area contributed by atoms with Crippen LogP contribution in [0.15, 0.2) is 75.0 Å². The van der Waals surface area contributed by atoms with Crippen LogP contribution in [0.5, 0.6) is 0 Å². The van der Waals surface area contributed by atoms with Crippen LogP contribution in [-0.4, -0.2) is 34.3 Å². The number of rotatable bonds is 8. The van der Waals surface area contributed by atoms with E-state index in [1.54, 1.807) is 52.9 Å². The van der Waals surface area contributed by atoms with Gasteiger partial charge in [0.25, 0.3) is 0 Å². The van der Waals surface area contributed by atoms with Crippen LogP contribution in [0.4, 0.5) is 5.69 Å². The summed E-state index contributed by atoms with van der Waals surface area (Å²) in [4.78, 5) is 43.0. The molecule has 10 heteroatoms. The number of aromatic nitrogens is 3. The molecule has 2 aromatic heterocycles. The molecule has 0 bridgehead atoms. The fourth-order valence-electron chi connectivity index (χ4n) is 4.58. The highest BCUT2D eigenvalue weighted by molar-refractivity contribution is 7.99. The lowest BCUT2D eigenvalue weighted by Crippen LogP contribution is -2.60. The van der Waals surface area contributed by atoms with Gasteiger partial charge in [-0.2, -0.15) is 0 Å². The summed E-state index contributed by atoms with van der Waals surface area (Å²) >= 11 is 1.47. The Kier molecular flexibility index (Phi) is 7.65. The Balaban J connectivity index is 1.60. The third-order valence-corrected chi connectivity index (χ3v) is 7.35. The largest absolute Gasteiger partial charge is 0.462 e. The van der Waals surface area contributed by atoms with Crippen molar-refractivity contribution >= 4 is 29.3 Å². The van der Waals surface area contributed by atoms with Crippen LogP contribution in [0.25, 0.3) is 22.6 Å². The fraction of sp³-hybridized carbons (Fsp3) is 0.276. The van der Waals surface area contributed by atoms with E-state index in [-0.39, 0.29) is 17.4 Å². The van der Waals surface area contributed by atoms with Crippen LogP contribution in [0.1, 0.15) is 55.9 Å². The molecular weight excluding hydrogens is 516 g/mol. The standard InChI is InChI=1S/C29H28N4O5S/c1-4-6-17-39-29-30-26(35)25-21-9-7-8-10-22(21)32(18(3)34)27(33(25)31-29)24-16-15-23(38-24)19-11-13-20(14-12-19)28(36)37-5-2/h7-16,27H,4-6,17H2,1-3H3/p+1/t27-/m0/s1. The molecule has 9 nitrogen and oxygen atoms in total. The van der Waals surface area contributed by atoms with Crippen LogP contribution in [0.2, 0.25) is 0 Å². The minimum absolute atomic E-state index is 0.218. The quantitative estimate of drug-likeness (QED) is 0.144. The van der Waals surface area contributed by atoms with Gasteiger partial charge in [0.1, 0.15) is 5.76 Å². The highest BCUT2D eigenvalue weighted by atomic mass is 32.2. The number of furan rings is 1. The summed E-state index contributed by atoms with van der Waals surface area (Å²) in [5, 5.41) is 5.26. The molecule has 3 heterocycles. The minimum atomic E-state index is -0.812. The number of esters is 1. The third kappa shape index (κ3) is 5.12. The summed E-state index contributed by atoms with van der Waals surface area (Å²) in [5.74, 6) is 1.19. The number of H-pyrrole nitrogens is 1. The lowest BCUT2D eigenvalue weighted by atomic mass is 10.0. The van der Waals surface area contributed by atoms with E-state index >= 15 is 0 Å². The number of hydrogen-bond donors (Lipinski definition) is 1. The summed E-state index contributed by atoms with van der Waals surface area (Å²) in [6, 6.07) is 17.8. The lowest BCUT2D eigenvalue weighted by molar-refractivity contribution is -0.764. The van der Waals surface area contributed by atoms with Gasteiger partial charge in [0, 0.05) is 23.3 Å². The average Bonchev–Trinajstić information content (AvgIpc) is 3.42. The number of carbonyl (C=O) groups is 2. The number of benzene rings is 2. The summed E-state index contributed by atoms with van der Waals surface area (Å²) in [5.41, 5.74) is 2.48. The van der Waals surface area contributed by atoms with E-state index in [4.69, 9.17) is 14.3 Å². The predicted molar refractivity (Wildman–Crippen MR) is 148 cm³/mol. The Morgan fingerprint density at radius 3 is 2.59 bits per heavy atom. The van der Waals surface area contributed by atoms with Gasteiger partial charge in [-0.25, -0.2) is 9.69 Å². The third-order valence-electron chi connectivity index (χ3n) is 6.40. The Morgan fingerprint density at radius 2 is 1.87 bits per heavy atom. The summed E-state index contributed by atoms with van der Waals surface area (Å²) in [7, 11) is 0. The van der Waals surface area contributed by atoms with Crippen molar-refractivity contribution in [2.24, 2.45) is 0 Å². The first kappa shape index (κ1) is 26.4. The maximum Gasteiger partial charge on any atom is 0.338 e. The first-order valence-corrected chi connectivity index (χ1v) is 13.9. The molecule has 5 rings (SSSR count). The van der Waals surface area contributed by atoms with Gasteiger partial charge in [-0.15, -0.1) is 0 Å². The number of unbranched alkanes of at least 4 members (excludes halogenated alkanes) is 1. The lowest BCUT2D eigenvalue weighted by Gasteiger charge is -2.30. The van der Waals surface area contributed by atoms with E-state index in [0.29, 0.717) is 45.8 Å². The van der Waals surface area contributed by atoms with Gasteiger partial charge >= 0.3 is 23.4 Å². The Hall–Kier alpha value is -4.18. The van der Waals surface area contributed by atoms with Crippen molar-refractivity contribution in [2.45, 2.75) is 44.9 Å². The number of hydrogen-bond acceptors (Lipinski definition) is 7. The van der Waals surface area contributed by atoms with E-state index in [0.717, 1.165) is 24.2 Å². The molecule has 0 aliphatic carbocycles. The van der Waals surface area contributed by atoms with Crippen molar-refractivity contribution in [1.82, 2.24) is 10.1 Å². The Bertz CT molecular complexity index is 1580. The van der Waals surface area contributed by atoms with Crippen molar-refractivity contribution < 1.29 is 23.4 Å². The fourth-order valence-corrected chi connectivity index (χ4v) is 5.52. The van der Waals surface area contributed by atoms with E-state index in [1.165, 1.54) is 18.7 Å². The Labute approximate surface area is 229 Å². The van der Waals surface area contributed by atoms with Crippen molar-refractivity contribution in [3.8, 4) is 22.6 Å². The smallest absolute Gasteiger partial charge is 0.338 e. The van der Waals surface area contributed by atoms with Gasteiger partial charge in [0.05, 0.1) is 23.4 Å². The van der Waals surface area contributed by atoms with E-state index in [2.05, 4.69) is 11.9 Å². The summed E-state index contributed by atoms with van der Waals surface area (Å²) in [6.07, 6.45) is 1.20. The van der Waals surface area contributed by atoms with Crippen LogP contribution < -0.4 is 15.1 Å². The average molecular weight is 546 g/mol. The van der Waals surface area contributed by atoms with Crippen LogP contribution in [0, 0.1) is 0 Å². The number of anilines is 1. The van der Waals surface area contributed by atoms with Crippen molar-refractivity contribution in [1.29, 1.82) is 0 Å². The van der Waals surface area contributed by atoms with Gasteiger partial charge in [-0.05, 0) is 54.4 Å². The van der Waals surface area contributed by atoms with Crippen LogP contribution in [-0.2, 0) is 9.53 Å². The van der Waals surface area contributed by atoms with Gasteiger partial charge in [0.2, 0.25) is 11.1 Å². The molecule has 1 N–H and O–H groups in total. The zero-order valence-corrected chi connectivity index (χ0v) is 22.8. The number of nitrogens with one attached hydrogen (secondary N) is 1. The van der Waals surface area contributed by atoms with Crippen molar-refractivity contribution in [3.05, 3.63) is 82.3 Å². The normalized spacial score (nSPS) is 14.0. The Morgan fingerprint density at radius 1 is 1.10 bits per heavy atom. The number of ether oxygens (including phenoxy) is 1. The van der Waals surface area contributed by atoms with Gasteiger partial charge in [0.15, 0.2) is 5.76 Å². The highest BCUT2D eigenvalue weighted by Crippen LogP contribution is 2.38. The second kappa shape index (κ2) is 11.3. The number of amides is 1. The minimum Gasteiger partial charge on any atom is -0.462 e.